The van der Waals surface area contributed by atoms with E-state index in [2.05, 4.69) is 5.32 Å². The molecule has 0 aliphatic carbocycles. The first-order chi connectivity index (χ1) is 11.5. The Labute approximate surface area is 140 Å². The van der Waals surface area contributed by atoms with Crippen LogP contribution in [0.2, 0.25) is 0 Å². The first kappa shape index (κ1) is 15.9. The Morgan fingerprint density at radius 3 is 2.17 bits per heavy atom. The number of carbonyl (C=O) groups excluding carboxylic acids is 3. The van der Waals surface area contributed by atoms with Gasteiger partial charge in [0.15, 0.2) is 0 Å². The maximum Gasteiger partial charge on any atom is 0.255 e. The minimum absolute atomic E-state index is 0.201. The molecule has 3 amide bonds. The number of hydrogen-bond donors (Lipinski definition) is 1. The smallest absolute Gasteiger partial charge is 0.255 e. The van der Waals surface area contributed by atoms with Crippen molar-refractivity contribution in [3.63, 3.8) is 0 Å². The quantitative estimate of drug-likeness (QED) is 0.882. The van der Waals surface area contributed by atoms with Gasteiger partial charge in [-0.15, -0.1) is 0 Å². The van der Waals surface area contributed by atoms with Gasteiger partial charge in [0.1, 0.15) is 0 Å². The van der Waals surface area contributed by atoms with Crippen LogP contribution in [0.25, 0.3) is 0 Å². The van der Waals surface area contributed by atoms with Crippen molar-refractivity contribution in [1.29, 1.82) is 0 Å². The molecule has 1 aliphatic rings. The first-order valence-corrected chi connectivity index (χ1v) is 7.80. The maximum atomic E-state index is 12.4. The molecule has 1 saturated heterocycles. The Bertz CT molecular complexity index is 809. The zero-order valence-electron chi connectivity index (χ0n) is 13.6. The summed E-state index contributed by atoms with van der Waals surface area (Å²) in [5.41, 5.74) is 3.87. The van der Waals surface area contributed by atoms with Gasteiger partial charge in [0.2, 0.25) is 11.8 Å². The lowest BCUT2D eigenvalue weighted by atomic mass is 10.1. The number of benzene rings is 2. The fourth-order valence-corrected chi connectivity index (χ4v) is 2.77. The number of nitrogens with one attached hydrogen (secondary N) is 1. The van der Waals surface area contributed by atoms with Gasteiger partial charge >= 0.3 is 0 Å². The summed E-state index contributed by atoms with van der Waals surface area (Å²) >= 11 is 0. The second kappa shape index (κ2) is 6.28. The number of anilines is 2. The molecule has 1 heterocycles. The third-order valence-electron chi connectivity index (χ3n) is 4.07. The molecule has 1 fully saturated rings. The third kappa shape index (κ3) is 3.06. The summed E-state index contributed by atoms with van der Waals surface area (Å²) in [6, 6.07) is 12.3. The van der Waals surface area contributed by atoms with Crippen LogP contribution in [0, 0.1) is 13.8 Å². The number of rotatable bonds is 3. The van der Waals surface area contributed by atoms with Crippen molar-refractivity contribution in [2.24, 2.45) is 0 Å². The first-order valence-electron chi connectivity index (χ1n) is 7.80. The molecule has 3 rings (SSSR count). The van der Waals surface area contributed by atoms with Crippen LogP contribution in [0.15, 0.2) is 42.5 Å². The molecule has 0 unspecified atom stereocenters. The van der Waals surface area contributed by atoms with E-state index in [0.29, 0.717) is 11.3 Å². The predicted molar refractivity (Wildman–Crippen MR) is 92.0 cm³/mol. The average molecular weight is 322 g/mol. The fourth-order valence-electron chi connectivity index (χ4n) is 2.77. The molecule has 0 radical (unpaired) electrons. The molecule has 2 aromatic carbocycles. The largest absolute Gasteiger partial charge is 0.322 e. The Morgan fingerprint density at radius 1 is 0.958 bits per heavy atom. The monoisotopic (exact) mass is 322 g/mol. The summed E-state index contributed by atoms with van der Waals surface area (Å²) < 4.78 is 0. The average Bonchev–Trinajstić information content (AvgIpc) is 2.89. The summed E-state index contributed by atoms with van der Waals surface area (Å²) in [6.07, 6.45) is 0.488. The Morgan fingerprint density at radius 2 is 1.58 bits per heavy atom. The summed E-state index contributed by atoms with van der Waals surface area (Å²) in [5.74, 6) is -0.632. The van der Waals surface area contributed by atoms with E-state index in [1.807, 2.05) is 32.0 Å². The molecule has 5 nitrogen and oxygen atoms in total. The second-order valence-corrected chi connectivity index (χ2v) is 5.94. The topological polar surface area (TPSA) is 66.5 Å². The molecule has 0 aromatic heterocycles. The van der Waals surface area contributed by atoms with E-state index in [1.54, 1.807) is 24.3 Å². The highest BCUT2D eigenvalue weighted by Gasteiger charge is 2.30. The molecular weight excluding hydrogens is 304 g/mol. The van der Waals surface area contributed by atoms with Crippen molar-refractivity contribution in [3.8, 4) is 0 Å². The van der Waals surface area contributed by atoms with Gasteiger partial charge in [0, 0.05) is 24.1 Å². The van der Waals surface area contributed by atoms with Gasteiger partial charge in [-0.2, -0.15) is 0 Å². The predicted octanol–water partition coefficient (Wildman–Crippen LogP) is 3.21. The molecular formula is C19H18N2O3. The zero-order chi connectivity index (χ0) is 17.3. The zero-order valence-corrected chi connectivity index (χ0v) is 13.6. The lowest BCUT2D eigenvalue weighted by molar-refractivity contribution is -0.121. The third-order valence-corrected chi connectivity index (χ3v) is 4.07. The van der Waals surface area contributed by atoms with Gasteiger partial charge in [-0.25, -0.2) is 0 Å². The highest BCUT2D eigenvalue weighted by atomic mass is 16.2. The van der Waals surface area contributed by atoms with Gasteiger partial charge in [0.05, 0.1) is 5.69 Å². The van der Waals surface area contributed by atoms with E-state index >= 15 is 0 Å². The second-order valence-electron chi connectivity index (χ2n) is 5.94. The van der Waals surface area contributed by atoms with Crippen molar-refractivity contribution >= 4 is 29.1 Å². The van der Waals surface area contributed by atoms with Crippen LogP contribution in [0.3, 0.4) is 0 Å². The number of aryl methyl sites for hydroxylation is 2. The van der Waals surface area contributed by atoms with Crippen LogP contribution in [0.4, 0.5) is 11.4 Å². The van der Waals surface area contributed by atoms with Crippen LogP contribution in [-0.4, -0.2) is 17.7 Å². The molecule has 5 heteroatoms. The minimum atomic E-state index is -0.229. The molecule has 1 N–H and O–H groups in total. The van der Waals surface area contributed by atoms with Gasteiger partial charge < -0.3 is 5.32 Å². The van der Waals surface area contributed by atoms with Crippen LogP contribution in [0.1, 0.15) is 34.3 Å². The lowest BCUT2D eigenvalue weighted by Crippen LogP contribution is -2.28. The molecule has 122 valence electrons. The van der Waals surface area contributed by atoms with Gasteiger partial charge in [-0.3, -0.25) is 19.3 Å². The van der Waals surface area contributed by atoms with Crippen LogP contribution < -0.4 is 10.2 Å². The molecule has 1 aliphatic heterocycles. The van der Waals surface area contributed by atoms with Crippen molar-refractivity contribution in [3.05, 3.63) is 59.2 Å². The number of amides is 3. The fraction of sp³-hybridized carbons (Fsp3) is 0.211. The minimum Gasteiger partial charge on any atom is -0.322 e. The highest BCUT2D eigenvalue weighted by molar-refractivity contribution is 6.20. The van der Waals surface area contributed by atoms with E-state index in [4.69, 9.17) is 0 Å². The number of hydrogen-bond acceptors (Lipinski definition) is 3. The summed E-state index contributed by atoms with van der Waals surface area (Å²) in [5, 5.41) is 2.87. The van der Waals surface area contributed by atoms with Gasteiger partial charge in [-0.1, -0.05) is 17.7 Å². The van der Waals surface area contributed by atoms with E-state index in [0.717, 1.165) is 16.8 Å². The van der Waals surface area contributed by atoms with Crippen molar-refractivity contribution in [2.75, 3.05) is 10.2 Å². The summed E-state index contributed by atoms with van der Waals surface area (Å²) in [4.78, 5) is 37.0. The van der Waals surface area contributed by atoms with Gasteiger partial charge in [0.25, 0.3) is 5.91 Å². The Kier molecular flexibility index (Phi) is 4.16. The van der Waals surface area contributed by atoms with Crippen LogP contribution in [-0.2, 0) is 9.59 Å². The van der Waals surface area contributed by atoms with E-state index in [9.17, 15) is 14.4 Å². The van der Waals surface area contributed by atoms with Crippen molar-refractivity contribution in [1.82, 2.24) is 0 Å². The van der Waals surface area contributed by atoms with Crippen LogP contribution in [0.5, 0.6) is 0 Å². The lowest BCUT2D eigenvalue weighted by Gasteiger charge is -2.14. The van der Waals surface area contributed by atoms with E-state index in [-0.39, 0.29) is 30.6 Å². The van der Waals surface area contributed by atoms with Crippen LogP contribution >= 0.6 is 0 Å². The number of carbonyl (C=O) groups is 3. The van der Waals surface area contributed by atoms with E-state index < -0.39 is 0 Å². The molecule has 0 bridgehead atoms. The molecule has 24 heavy (non-hydrogen) atoms. The molecule has 2 aromatic rings. The number of imide groups is 1. The molecule has 0 saturated carbocycles. The molecule has 0 spiro atoms. The summed E-state index contributed by atoms with van der Waals surface area (Å²) in [6.45, 7) is 3.94. The summed E-state index contributed by atoms with van der Waals surface area (Å²) in [7, 11) is 0. The highest BCUT2D eigenvalue weighted by Crippen LogP contribution is 2.23. The Balaban J connectivity index is 1.76. The standard InChI is InChI=1S/C19H18N2O3/c1-12-3-8-16(13(2)11-12)20-19(24)14-4-6-15(7-5-14)21-17(22)9-10-18(21)23/h3-8,11H,9-10H2,1-2H3,(H,20,24). The Hall–Kier alpha value is -2.95. The number of nitrogens with zero attached hydrogens (tertiary/aromatic N) is 1. The van der Waals surface area contributed by atoms with Gasteiger partial charge in [-0.05, 0) is 49.7 Å². The van der Waals surface area contributed by atoms with E-state index in [1.165, 1.54) is 4.90 Å². The maximum absolute atomic E-state index is 12.4. The SMILES string of the molecule is Cc1ccc(NC(=O)c2ccc(N3C(=O)CCC3=O)cc2)c(C)c1. The van der Waals surface area contributed by atoms with Crippen molar-refractivity contribution < 1.29 is 14.4 Å². The normalized spacial score (nSPS) is 14.2. The molecule has 0 atom stereocenters. The van der Waals surface area contributed by atoms with Crippen molar-refractivity contribution in [2.45, 2.75) is 26.7 Å².